The normalized spacial score (nSPS) is 13.1. The molecule has 1 heterocycles. The monoisotopic (exact) mass is 470 g/mol. The number of halogens is 5. The van der Waals surface area contributed by atoms with Gasteiger partial charge in [0.25, 0.3) is 0 Å². The van der Waals surface area contributed by atoms with E-state index in [0.717, 1.165) is 16.5 Å². The van der Waals surface area contributed by atoms with Crippen LogP contribution in [0.25, 0.3) is 10.9 Å². The summed E-state index contributed by atoms with van der Waals surface area (Å²) in [5, 5.41) is 3.08. The van der Waals surface area contributed by atoms with E-state index in [9.17, 15) is 31.5 Å². The second-order valence-electron chi connectivity index (χ2n) is 7.13. The highest BCUT2D eigenvalue weighted by molar-refractivity contribution is 5.89. The van der Waals surface area contributed by atoms with Crippen LogP contribution in [0.15, 0.2) is 30.5 Å². The van der Waals surface area contributed by atoms with Crippen molar-refractivity contribution in [2.24, 2.45) is 11.5 Å². The predicted molar refractivity (Wildman–Crippen MR) is 107 cm³/mol. The summed E-state index contributed by atoms with van der Waals surface area (Å²) in [5.41, 5.74) is 12.9. The predicted octanol–water partition coefficient (Wildman–Crippen LogP) is 2.17. The number of benzene rings is 2. The molecule has 7 nitrogen and oxygen atoms in total. The van der Waals surface area contributed by atoms with E-state index >= 15 is 0 Å². The molecular weight excluding hydrogens is 451 g/mol. The number of fused-ring (bicyclic) bond motifs is 1. The molecule has 1 aromatic heterocycles. The van der Waals surface area contributed by atoms with E-state index < -0.39 is 58.8 Å². The first kappa shape index (κ1) is 24.1. The zero-order chi connectivity index (χ0) is 24.3. The van der Waals surface area contributed by atoms with Gasteiger partial charge in [-0.25, -0.2) is 18.0 Å². The van der Waals surface area contributed by atoms with Crippen LogP contribution in [-0.4, -0.2) is 35.5 Å². The first-order valence-corrected chi connectivity index (χ1v) is 9.69. The molecule has 33 heavy (non-hydrogen) atoms. The van der Waals surface area contributed by atoms with Crippen molar-refractivity contribution in [2.45, 2.75) is 24.9 Å². The zero-order valence-electron chi connectivity index (χ0n) is 16.9. The van der Waals surface area contributed by atoms with Gasteiger partial charge in [-0.1, -0.05) is 18.2 Å². The number of H-pyrrole nitrogens is 1. The molecular formula is C21H19F5N4O3. The van der Waals surface area contributed by atoms with E-state index in [0.29, 0.717) is 0 Å². The quantitative estimate of drug-likeness (QED) is 0.132. The van der Waals surface area contributed by atoms with Crippen LogP contribution >= 0.6 is 0 Å². The molecule has 12 heteroatoms. The van der Waals surface area contributed by atoms with Crippen LogP contribution in [0.5, 0.6) is 5.75 Å². The van der Waals surface area contributed by atoms with Gasteiger partial charge in [-0.15, -0.1) is 0 Å². The van der Waals surface area contributed by atoms with Gasteiger partial charge in [0.05, 0.1) is 6.04 Å². The minimum absolute atomic E-state index is 0.0812. The summed E-state index contributed by atoms with van der Waals surface area (Å²) >= 11 is 0. The van der Waals surface area contributed by atoms with Crippen LogP contribution in [0.2, 0.25) is 0 Å². The maximum absolute atomic E-state index is 13.8. The third-order valence-corrected chi connectivity index (χ3v) is 4.88. The third kappa shape index (κ3) is 4.96. The minimum Gasteiger partial charge on any atom is -0.418 e. The van der Waals surface area contributed by atoms with Crippen LogP contribution in [0, 0.1) is 29.1 Å². The summed E-state index contributed by atoms with van der Waals surface area (Å²) in [5.74, 6) is -15.7. The van der Waals surface area contributed by atoms with Crippen molar-refractivity contribution in [1.82, 2.24) is 10.3 Å². The SMILES string of the molecule is NCCC(NC(=O)C(N)Cc1c[nH]c2ccccc12)C(=O)Oc1c(F)c(F)c(F)c(F)c1F. The van der Waals surface area contributed by atoms with Crippen LogP contribution in [0.3, 0.4) is 0 Å². The first-order chi connectivity index (χ1) is 15.6. The second kappa shape index (κ2) is 9.96. The van der Waals surface area contributed by atoms with Gasteiger partial charge in [-0.2, -0.15) is 8.78 Å². The Hall–Kier alpha value is -3.51. The molecule has 2 aromatic carbocycles. The van der Waals surface area contributed by atoms with Gasteiger partial charge in [0.15, 0.2) is 0 Å². The molecule has 176 valence electrons. The van der Waals surface area contributed by atoms with Crippen LogP contribution < -0.4 is 21.5 Å². The van der Waals surface area contributed by atoms with Gasteiger partial charge < -0.3 is 26.5 Å². The molecule has 2 unspecified atom stereocenters. The Morgan fingerprint density at radius 2 is 1.61 bits per heavy atom. The van der Waals surface area contributed by atoms with E-state index in [1.165, 1.54) is 0 Å². The lowest BCUT2D eigenvalue weighted by Crippen LogP contribution is -2.51. The molecule has 3 rings (SSSR count). The number of amides is 1. The number of para-hydroxylation sites is 1. The molecule has 1 amide bonds. The van der Waals surface area contributed by atoms with E-state index in [1.54, 1.807) is 12.3 Å². The second-order valence-corrected chi connectivity index (χ2v) is 7.13. The van der Waals surface area contributed by atoms with Crippen molar-refractivity contribution in [3.63, 3.8) is 0 Å². The van der Waals surface area contributed by atoms with Crippen molar-refractivity contribution in [3.8, 4) is 5.75 Å². The number of carbonyl (C=O) groups is 2. The Bertz CT molecular complexity index is 1170. The van der Waals surface area contributed by atoms with Crippen molar-refractivity contribution < 1.29 is 36.3 Å². The lowest BCUT2D eigenvalue weighted by molar-refractivity contribution is -0.140. The summed E-state index contributed by atoms with van der Waals surface area (Å²) in [6.07, 6.45) is 1.50. The fourth-order valence-electron chi connectivity index (χ4n) is 3.17. The van der Waals surface area contributed by atoms with Crippen LogP contribution in [0.1, 0.15) is 12.0 Å². The van der Waals surface area contributed by atoms with Gasteiger partial charge in [0.2, 0.25) is 40.7 Å². The van der Waals surface area contributed by atoms with Crippen LogP contribution in [0.4, 0.5) is 22.0 Å². The molecule has 6 N–H and O–H groups in total. The molecule has 0 fully saturated rings. The number of nitrogens with two attached hydrogens (primary N) is 2. The van der Waals surface area contributed by atoms with Crippen molar-refractivity contribution in [3.05, 3.63) is 65.1 Å². The van der Waals surface area contributed by atoms with Crippen molar-refractivity contribution >= 4 is 22.8 Å². The highest BCUT2D eigenvalue weighted by Crippen LogP contribution is 2.29. The number of aromatic amines is 1. The van der Waals surface area contributed by atoms with Crippen molar-refractivity contribution in [1.29, 1.82) is 0 Å². The van der Waals surface area contributed by atoms with Crippen molar-refractivity contribution in [2.75, 3.05) is 6.54 Å². The largest absolute Gasteiger partial charge is 0.418 e. The number of rotatable bonds is 8. The Morgan fingerprint density at radius 3 is 2.24 bits per heavy atom. The average molecular weight is 470 g/mol. The van der Waals surface area contributed by atoms with Gasteiger partial charge in [-0.3, -0.25) is 4.79 Å². The maximum Gasteiger partial charge on any atom is 0.334 e. The fourth-order valence-corrected chi connectivity index (χ4v) is 3.17. The number of ether oxygens (including phenoxy) is 1. The zero-order valence-corrected chi connectivity index (χ0v) is 16.9. The number of nitrogens with one attached hydrogen (secondary N) is 2. The lowest BCUT2D eigenvalue weighted by atomic mass is 10.0. The average Bonchev–Trinajstić information content (AvgIpc) is 3.21. The van der Waals surface area contributed by atoms with E-state index in [-0.39, 0.29) is 19.4 Å². The smallest absolute Gasteiger partial charge is 0.334 e. The van der Waals surface area contributed by atoms with Gasteiger partial charge in [0.1, 0.15) is 6.04 Å². The number of hydrogen-bond donors (Lipinski definition) is 4. The first-order valence-electron chi connectivity index (χ1n) is 9.69. The molecule has 0 aliphatic carbocycles. The minimum atomic E-state index is -2.40. The highest BCUT2D eigenvalue weighted by atomic mass is 19.2. The van der Waals surface area contributed by atoms with Gasteiger partial charge >= 0.3 is 5.97 Å². The Labute approximate surface area is 183 Å². The molecule has 3 aromatic rings. The molecule has 0 saturated heterocycles. The molecule has 0 aliphatic heterocycles. The van der Waals surface area contributed by atoms with E-state index in [1.807, 2.05) is 18.2 Å². The lowest BCUT2D eigenvalue weighted by Gasteiger charge is -2.20. The molecule has 0 saturated carbocycles. The topological polar surface area (TPSA) is 123 Å². The summed E-state index contributed by atoms with van der Waals surface area (Å²) < 4.78 is 71.9. The number of aromatic nitrogens is 1. The maximum atomic E-state index is 13.8. The third-order valence-electron chi connectivity index (χ3n) is 4.88. The fraction of sp³-hybridized carbons (Fsp3) is 0.238. The molecule has 0 bridgehead atoms. The molecule has 2 atom stereocenters. The molecule has 0 radical (unpaired) electrons. The molecule has 0 spiro atoms. The number of esters is 1. The summed E-state index contributed by atoms with van der Waals surface area (Å²) in [6.45, 7) is -0.172. The van der Waals surface area contributed by atoms with E-state index in [2.05, 4.69) is 15.0 Å². The Kier molecular flexibility index (Phi) is 7.29. The standard InChI is InChI=1S/C21H19F5N4O3/c22-14-15(23)17(25)19(18(26)16(14)24)33-21(32)13(5-6-27)30-20(31)11(28)7-9-8-29-12-4-2-1-3-10(9)12/h1-4,8,11,13,29H,5-7,27-28H2,(H,30,31). The highest BCUT2D eigenvalue weighted by Gasteiger charge is 2.31. The Balaban J connectivity index is 1.73. The summed E-state index contributed by atoms with van der Waals surface area (Å²) in [6, 6.07) is 4.60. The van der Waals surface area contributed by atoms with Gasteiger partial charge in [-0.05, 0) is 31.0 Å². The number of hydrogen-bond acceptors (Lipinski definition) is 5. The van der Waals surface area contributed by atoms with Gasteiger partial charge in [0, 0.05) is 17.1 Å². The summed E-state index contributed by atoms with van der Waals surface area (Å²) in [7, 11) is 0. The van der Waals surface area contributed by atoms with E-state index in [4.69, 9.17) is 11.5 Å². The van der Waals surface area contributed by atoms with Crippen LogP contribution in [-0.2, 0) is 16.0 Å². The summed E-state index contributed by atoms with van der Waals surface area (Å²) in [4.78, 5) is 27.9. The Morgan fingerprint density at radius 1 is 1.00 bits per heavy atom. The molecule has 0 aliphatic rings. The number of carbonyl (C=O) groups excluding carboxylic acids is 2.